The van der Waals surface area contributed by atoms with Crippen LogP contribution >= 0.6 is 11.3 Å². The molecule has 0 radical (unpaired) electrons. The van der Waals surface area contributed by atoms with E-state index in [1.54, 1.807) is 5.20 Å². The van der Waals surface area contributed by atoms with Crippen molar-refractivity contribution < 1.29 is 0 Å². The first kappa shape index (κ1) is 34.5. The summed E-state index contributed by atoms with van der Waals surface area (Å²) in [7, 11) is -2.77. The number of thiophene rings is 1. The van der Waals surface area contributed by atoms with Gasteiger partial charge in [0.25, 0.3) is 0 Å². The highest BCUT2D eigenvalue weighted by Gasteiger charge is 2.53. The van der Waals surface area contributed by atoms with Gasteiger partial charge in [-0.3, -0.25) is 0 Å². The van der Waals surface area contributed by atoms with Gasteiger partial charge in [0.15, 0.2) is 8.07 Å². The molecule has 1 aromatic heterocycles. The summed E-state index contributed by atoms with van der Waals surface area (Å²) in [6.45, 7) is 0. The Labute approximate surface area is 344 Å². The first-order chi connectivity index (χ1) is 28.8. The van der Waals surface area contributed by atoms with Gasteiger partial charge in [-0.25, -0.2) is 0 Å². The molecule has 0 spiro atoms. The molecule has 0 bridgehead atoms. The van der Waals surface area contributed by atoms with Crippen LogP contribution < -0.4 is 25.4 Å². The Hall–Kier alpha value is -6.72. The molecule has 0 amide bonds. The SMILES string of the molecule is C1=C(N(c2ccccc2)c2ccccc2)CC2C(=C1)[Si](c1ccccc1)(c1ccccc1)c1cc(N(c3ccccc3)c3ccc4sc5ccccc5c4c3)ccc12. The van der Waals surface area contributed by atoms with Gasteiger partial charge >= 0.3 is 0 Å². The van der Waals surface area contributed by atoms with E-state index >= 15 is 0 Å². The van der Waals surface area contributed by atoms with Crippen LogP contribution in [0.4, 0.5) is 28.4 Å². The van der Waals surface area contributed by atoms with Gasteiger partial charge in [-0.2, -0.15) is 0 Å². The highest BCUT2D eigenvalue weighted by molar-refractivity contribution is 7.25. The minimum absolute atomic E-state index is 0.227. The van der Waals surface area contributed by atoms with E-state index in [0.29, 0.717) is 0 Å². The molecule has 0 N–H and O–H groups in total. The van der Waals surface area contributed by atoms with Crippen molar-refractivity contribution in [2.75, 3.05) is 9.80 Å². The fourth-order valence-electron chi connectivity index (χ4n) is 9.69. The molecule has 4 heteroatoms. The van der Waals surface area contributed by atoms with Gasteiger partial charge in [0.1, 0.15) is 0 Å². The van der Waals surface area contributed by atoms with Gasteiger partial charge in [0.2, 0.25) is 0 Å². The van der Waals surface area contributed by atoms with Gasteiger partial charge in [-0.15, -0.1) is 11.3 Å². The minimum Gasteiger partial charge on any atom is -0.314 e. The molecule has 276 valence electrons. The number of hydrogen-bond acceptors (Lipinski definition) is 3. The van der Waals surface area contributed by atoms with Gasteiger partial charge in [-0.1, -0.05) is 151 Å². The third-order valence-corrected chi connectivity index (χ3v) is 18.3. The van der Waals surface area contributed by atoms with Crippen molar-refractivity contribution in [2.45, 2.75) is 12.3 Å². The second-order valence-electron chi connectivity index (χ2n) is 15.2. The monoisotopic (exact) mass is 776 g/mol. The molecule has 1 unspecified atom stereocenters. The summed E-state index contributed by atoms with van der Waals surface area (Å²) in [6.07, 6.45) is 5.84. The van der Waals surface area contributed by atoms with Crippen LogP contribution in [0.2, 0.25) is 0 Å². The zero-order chi connectivity index (χ0) is 38.5. The minimum atomic E-state index is -2.77. The third kappa shape index (κ3) is 5.59. The number of nitrogens with zero attached hydrogens (tertiary/aromatic N) is 2. The average Bonchev–Trinajstić information content (AvgIpc) is 3.81. The first-order valence-electron chi connectivity index (χ1n) is 20.1. The molecule has 58 heavy (non-hydrogen) atoms. The Morgan fingerprint density at radius 1 is 0.414 bits per heavy atom. The van der Waals surface area contributed by atoms with Crippen LogP contribution in [0.15, 0.2) is 235 Å². The number of benzene rings is 8. The van der Waals surface area contributed by atoms with E-state index in [1.807, 2.05) is 11.3 Å². The molecule has 2 aliphatic rings. The fourth-order valence-corrected chi connectivity index (χ4v) is 16.3. The summed E-state index contributed by atoms with van der Waals surface area (Å²) in [5.74, 6) is 0.227. The number of anilines is 5. The molecule has 11 rings (SSSR count). The molecular formula is C54H40N2SSi. The van der Waals surface area contributed by atoms with Crippen molar-refractivity contribution in [3.8, 4) is 0 Å². The molecule has 1 aliphatic heterocycles. The second kappa shape index (κ2) is 14.3. The van der Waals surface area contributed by atoms with Crippen molar-refractivity contribution in [3.63, 3.8) is 0 Å². The summed E-state index contributed by atoms with van der Waals surface area (Å²) in [6, 6.07) is 78.6. The van der Waals surface area contributed by atoms with E-state index in [2.05, 4.69) is 234 Å². The smallest absolute Gasteiger partial charge is 0.176 e. The van der Waals surface area contributed by atoms with Crippen LogP contribution in [0.5, 0.6) is 0 Å². The predicted molar refractivity (Wildman–Crippen MR) is 250 cm³/mol. The molecule has 0 fully saturated rings. The molecule has 0 saturated carbocycles. The molecule has 2 nitrogen and oxygen atoms in total. The zero-order valence-electron chi connectivity index (χ0n) is 31.9. The van der Waals surface area contributed by atoms with Crippen LogP contribution in [0.1, 0.15) is 17.9 Å². The van der Waals surface area contributed by atoms with Crippen LogP contribution in [0.25, 0.3) is 20.2 Å². The van der Waals surface area contributed by atoms with Crippen molar-refractivity contribution in [2.24, 2.45) is 0 Å². The normalized spacial score (nSPS) is 15.3. The molecule has 2 heterocycles. The summed E-state index contributed by atoms with van der Waals surface area (Å²) in [5, 5.41) is 8.48. The Kier molecular flexibility index (Phi) is 8.53. The largest absolute Gasteiger partial charge is 0.314 e. The third-order valence-electron chi connectivity index (χ3n) is 12.1. The van der Waals surface area contributed by atoms with E-state index in [0.717, 1.165) is 17.8 Å². The first-order valence-corrected chi connectivity index (χ1v) is 22.9. The second-order valence-corrected chi connectivity index (χ2v) is 20.1. The summed E-state index contributed by atoms with van der Waals surface area (Å²) in [5.41, 5.74) is 8.57. The molecule has 8 aromatic carbocycles. The van der Waals surface area contributed by atoms with E-state index in [-0.39, 0.29) is 5.92 Å². The van der Waals surface area contributed by atoms with Crippen molar-refractivity contribution in [3.05, 3.63) is 241 Å². The number of fused-ring (bicyclic) bond motifs is 6. The Morgan fingerprint density at radius 2 is 0.914 bits per heavy atom. The highest BCUT2D eigenvalue weighted by Crippen LogP contribution is 2.48. The maximum atomic E-state index is 2.56. The molecule has 1 atom stereocenters. The van der Waals surface area contributed by atoms with E-state index < -0.39 is 8.07 Å². The predicted octanol–water partition coefficient (Wildman–Crippen LogP) is 12.7. The summed E-state index contributed by atoms with van der Waals surface area (Å²) < 4.78 is 2.63. The number of hydrogen-bond donors (Lipinski definition) is 0. The lowest BCUT2D eigenvalue weighted by Gasteiger charge is -2.36. The standard InChI is InChI=1S/C54H40N2SSi/c1-6-18-39(19-7-1)55(40-20-8-2-9-21-40)43-32-35-53-50(37-43)48-33-30-44(38-54(48)58(53,45-24-12-4-13-25-45)46-26-14-5-15-27-46)56(41-22-10-3-11-23-41)42-31-34-52-49(36-42)47-28-16-17-29-51(47)57-52/h1-36,38,50H,37H2. The molecule has 1 aliphatic carbocycles. The van der Waals surface area contributed by atoms with E-state index in [4.69, 9.17) is 0 Å². The molecule has 9 aromatic rings. The van der Waals surface area contributed by atoms with Gasteiger partial charge in [0.05, 0.1) is 0 Å². The van der Waals surface area contributed by atoms with Crippen molar-refractivity contribution in [1.29, 1.82) is 0 Å². The number of para-hydroxylation sites is 3. The number of allylic oxidation sites excluding steroid dienone is 4. The van der Waals surface area contributed by atoms with Crippen LogP contribution in [0, 0.1) is 0 Å². The topological polar surface area (TPSA) is 6.48 Å². The maximum Gasteiger partial charge on any atom is 0.176 e. The Balaban J connectivity index is 1.14. The van der Waals surface area contributed by atoms with E-state index in [9.17, 15) is 0 Å². The lowest BCUT2D eigenvalue weighted by Crippen LogP contribution is -2.67. The lowest BCUT2D eigenvalue weighted by atomic mass is 9.89. The lowest BCUT2D eigenvalue weighted by molar-refractivity contribution is 0.791. The van der Waals surface area contributed by atoms with Crippen molar-refractivity contribution in [1.82, 2.24) is 0 Å². The quantitative estimate of drug-likeness (QED) is 0.142. The Morgan fingerprint density at radius 3 is 1.53 bits per heavy atom. The highest BCUT2D eigenvalue weighted by atomic mass is 32.1. The van der Waals surface area contributed by atoms with Gasteiger partial charge in [-0.05, 0) is 106 Å². The van der Waals surface area contributed by atoms with Crippen LogP contribution in [0.3, 0.4) is 0 Å². The Bertz CT molecular complexity index is 2900. The van der Waals surface area contributed by atoms with Crippen molar-refractivity contribution >= 4 is 83.6 Å². The summed E-state index contributed by atoms with van der Waals surface area (Å²) in [4.78, 5) is 4.92. The zero-order valence-corrected chi connectivity index (χ0v) is 33.8. The van der Waals surface area contributed by atoms with Crippen LogP contribution in [-0.2, 0) is 0 Å². The number of rotatable bonds is 8. The fraction of sp³-hybridized carbons (Fsp3) is 0.0370. The summed E-state index contributed by atoms with van der Waals surface area (Å²) >= 11 is 1.87. The molecular weight excluding hydrogens is 737 g/mol. The average molecular weight is 777 g/mol. The van der Waals surface area contributed by atoms with Crippen LogP contribution in [-0.4, -0.2) is 8.07 Å². The molecule has 0 saturated heterocycles. The van der Waals surface area contributed by atoms with E-state index in [1.165, 1.54) is 64.1 Å². The van der Waals surface area contributed by atoms with Gasteiger partial charge in [0, 0.05) is 60.2 Å². The maximum absolute atomic E-state index is 2.77. The van der Waals surface area contributed by atoms with Gasteiger partial charge < -0.3 is 9.80 Å².